The number of carbonyl (C=O) groups is 1. The average molecular weight is 429 g/mol. The van der Waals surface area contributed by atoms with E-state index in [1.54, 1.807) is 14.2 Å². The molecule has 1 N–H and O–H groups in total. The number of nitrogens with zero attached hydrogens (tertiary/aromatic N) is 3. The molecule has 0 saturated carbocycles. The van der Waals surface area contributed by atoms with E-state index in [-0.39, 0.29) is 23.0 Å². The van der Waals surface area contributed by atoms with Crippen LogP contribution in [0.1, 0.15) is 71.7 Å². The molecular formula is C24H36N4O3. The van der Waals surface area contributed by atoms with Crippen molar-refractivity contribution in [2.24, 2.45) is 0 Å². The molecule has 1 saturated heterocycles. The van der Waals surface area contributed by atoms with Crippen LogP contribution in [0.3, 0.4) is 0 Å². The number of ether oxygens (including phenoxy) is 2. The molecule has 1 aliphatic rings. The van der Waals surface area contributed by atoms with Gasteiger partial charge in [-0.3, -0.25) is 5.32 Å². The normalized spacial score (nSPS) is 17.0. The summed E-state index contributed by atoms with van der Waals surface area (Å²) in [6, 6.07) is 7.52. The van der Waals surface area contributed by atoms with Crippen molar-refractivity contribution in [3.05, 3.63) is 35.5 Å². The van der Waals surface area contributed by atoms with Gasteiger partial charge in [-0.25, -0.2) is 9.48 Å². The summed E-state index contributed by atoms with van der Waals surface area (Å²) in [4.78, 5) is 15.3. The van der Waals surface area contributed by atoms with Crippen LogP contribution in [0.5, 0.6) is 11.5 Å². The number of nitrogens with one attached hydrogen (secondary N) is 1. The van der Waals surface area contributed by atoms with Gasteiger partial charge >= 0.3 is 6.03 Å². The van der Waals surface area contributed by atoms with Gasteiger partial charge in [0.05, 0.1) is 31.5 Å². The number of hydrogen-bond donors (Lipinski definition) is 1. The van der Waals surface area contributed by atoms with Crippen LogP contribution in [-0.4, -0.2) is 41.5 Å². The Morgan fingerprint density at radius 2 is 1.81 bits per heavy atom. The molecule has 7 heteroatoms. The molecule has 170 valence electrons. The lowest BCUT2D eigenvalue weighted by atomic mass is 9.92. The SMILES string of the molecule is COc1ccc(OC)c(C2CCCN2C(=O)Nc2cc(C(C)(C)C)nn2C(C)(C)C)c1. The smallest absolute Gasteiger partial charge is 0.323 e. The third kappa shape index (κ3) is 4.81. The molecule has 0 radical (unpaired) electrons. The Bertz CT molecular complexity index is 937. The molecule has 0 aliphatic carbocycles. The minimum Gasteiger partial charge on any atom is -0.497 e. The number of likely N-dealkylation sites (tertiary alicyclic amines) is 1. The quantitative estimate of drug-likeness (QED) is 0.715. The van der Waals surface area contributed by atoms with E-state index in [1.807, 2.05) is 33.8 Å². The highest BCUT2D eigenvalue weighted by Gasteiger charge is 2.34. The maximum absolute atomic E-state index is 13.4. The van der Waals surface area contributed by atoms with Gasteiger partial charge in [0.15, 0.2) is 0 Å². The molecule has 2 amide bonds. The molecule has 1 aromatic carbocycles. The highest BCUT2D eigenvalue weighted by atomic mass is 16.5. The summed E-state index contributed by atoms with van der Waals surface area (Å²) in [6.07, 6.45) is 1.81. The number of methoxy groups -OCH3 is 2. The van der Waals surface area contributed by atoms with Crippen molar-refractivity contribution in [1.29, 1.82) is 0 Å². The maximum atomic E-state index is 13.4. The molecule has 0 bridgehead atoms. The summed E-state index contributed by atoms with van der Waals surface area (Å²) in [5.41, 5.74) is 1.55. The van der Waals surface area contributed by atoms with Gasteiger partial charge in [0.25, 0.3) is 0 Å². The first-order valence-electron chi connectivity index (χ1n) is 10.9. The molecule has 2 aromatic rings. The number of carbonyl (C=O) groups excluding carboxylic acids is 1. The van der Waals surface area contributed by atoms with Crippen LogP contribution in [0.25, 0.3) is 0 Å². The van der Waals surface area contributed by atoms with Crippen LogP contribution in [-0.2, 0) is 11.0 Å². The predicted molar refractivity (Wildman–Crippen MR) is 123 cm³/mol. The summed E-state index contributed by atoms with van der Waals surface area (Å²) in [7, 11) is 3.30. The van der Waals surface area contributed by atoms with Crippen molar-refractivity contribution in [2.75, 3.05) is 26.1 Å². The van der Waals surface area contributed by atoms with Crippen molar-refractivity contribution in [3.8, 4) is 11.5 Å². The Kier molecular flexibility index (Phi) is 6.25. The van der Waals surface area contributed by atoms with Crippen molar-refractivity contribution < 1.29 is 14.3 Å². The van der Waals surface area contributed by atoms with Gasteiger partial charge in [-0.15, -0.1) is 0 Å². The van der Waals surface area contributed by atoms with E-state index in [9.17, 15) is 4.79 Å². The molecule has 31 heavy (non-hydrogen) atoms. The van der Waals surface area contributed by atoms with E-state index in [0.717, 1.165) is 35.6 Å². The monoisotopic (exact) mass is 428 g/mol. The Morgan fingerprint density at radius 3 is 2.39 bits per heavy atom. The Labute approximate surface area is 185 Å². The first kappa shape index (κ1) is 23.0. The topological polar surface area (TPSA) is 68.6 Å². The van der Waals surface area contributed by atoms with Gasteiger partial charge in [0, 0.05) is 23.6 Å². The van der Waals surface area contributed by atoms with E-state index in [1.165, 1.54) is 0 Å². The number of rotatable bonds is 4. The highest BCUT2D eigenvalue weighted by molar-refractivity contribution is 5.89. The van der Waals surface area contributed by atoms with Crippen molar-refractivity contribution in [3.63, 3.8) is 0 Å². The molecule has 1 unspecified atom stereocenters. The van der Waals surface area contributed by atoms with Crippen molar-refractivity contribution >= 4 is 11.8 Å². The zero-order valence-corrected chi connectivity index (χ0v) is 20.1. The summed E-state index contributed by atoms with van der Waals surface area (Å²) in [5, 5.41) is 7.94. The minimum absolute atomic E-state index is 0.0712. The van der Waals surface area contributed by atoms with Gasteiger partial charge < -0.3 is 14.4 Å². The van der Waals surface area contributed by atoms with E-state index in [4.69, 9.17) is 14.6 Å². The average Bonchev–Trinajstić information content (AvgIpc) is 3.34. The first-order valence-corrected chi connectivity index (χ1v) is 10.9. The van der Waals surface area contributed by atoms with Gasteiger partial charge in [0.2, 0.25) is 0 Å². The second-order valence-electron chi connectivity index (χ2n) is 10.1. The maximum Gasteiger partial charge on any atom is 0.323 e. The Balaban J connectivity index is 1.91. The second kappa shape index (κ2) is 8.44. The van der Waals surface area contributed by atoms with Crippen molar-refractivity contribution in [1.82, 2.24) is 14.7 Å². The number of benzene rings is 1. The fraction of sp³-hybridized carbons (Fsp3) is 0.583. The molecular weight excluding hydrogens is 392 g/mol. The molecule has 0 spiro atoms. The first-order chi connectivity index (χ1) is 14.5. The van der Waals surface area contributed by atoms with E-state index in [2.05, 4.69) is 46.9 Å². The summed E-state index contributed by atoms with van der Waals surface area (Å²) in [6.45, 7) is 13.3. The van der Waals surface area contributed by atoms with Gasteiger partial charge in [-0.1, -0.05) is 20.8 Å². The third-order valence-corrected chi connectivity index (χ3v) is 5.66. The second-order valence-corrected chi connectivity index (χ2v) is 10.1. The molecule has 1 aliphatic heterocycles. The minimum atomic E-state index is -0.257. The Morgan fingerprint density at radius 1 is 1.10 bits per heavy atom. The van der Waals surface area contributed by atoms with Gasteiger partial charge in [-0.2, -0.15) is 5.10 Å². The summed E-state index contributed by atoms with van der Waals surface area (Å²) < 4.78 is 12.9. The number of amides is 2. The summed E-state index contributed by atoms with van der Waals surface area (Å²) in [5.74, 6) is 2.23. The van der Waals surface area contributed by atoms with Crippen LogP contribution < -0.4 is 14.8 Å². The molecule has 3 rings (SSSR count). The predicted octanol–water partition coefficient (Wildman–Crippen LogP) is 5.32. The van der Waals surface area contributed by atoms with E-state index < -0.39 is 0 Å². The standard InChI is InChI=1S/C24H36N4O3/c1-23(2,3)20-15-21(28(26-20)24(4,5)6)25-22(29)27-13-9-10-18(27)17-14-16(30-7)11-12-19(17)31-8/h11-12,14-15,18H,9-10,13H2,1-8H3,(H,25,29). The van der Waals surface area contributed by atoms with Crippen LogP contribution in [0.4, 0.5) is 10.6 Å². The molecule has 1 fully saturated rings. The lowest BCUT2D eigenvalue weighted by molar-refractivity contribution is 0.205. The Hall–Kier alpha value is -2.70. The van der Waals surface area contributed by atoms with E-state index in [0.29, 0.717) is 12.4 Å². The van der Waals surface area contributed by atoms with Gasteiger partial charge in [-0.05, 0) is 51.8 Å². The number of hydrogen-bond acceptors (Lipinski definition) is 4. The van der Waals surface area contributed by atoms with E-state index >= 15 is 0 Å². The number of aromatic nitrogens is 2. The number of urea groups is 1. The van der Waals surface area contributed by atoms with Crippen molar-refractivity contribution in [2.45, 2.75) is 71.4 Å². The number of anilines is 1. The molecule has 7 nitrogen and oxygen atoms in total. The van der Waals surface area contributed by atoms with Crippen LogP contribution in [0, 0.1) is 0 Å². The highest BCUT2D eigenvalue weighted by Crippen LogP contribution is 2.39. The third-order valence-electron chi connectivity index (χ3n) is 5.66. The lowest BCUT2D eigenvalue weighted by Crippen LogP contribution is -2.36. The van der Waals surface area contributed by atoms with Crippen LogP contribution >= 0.6 is 0 Å². The van der Waals surface area contributed by atoms with Crippen LogP contribution in [0.2, 0.25) is 0 Å². The zero-order valence-electron chi connectivity index (χ0n) is 20.1. The fourth-order valence-corrected chi connectivity index (χ4v) is 3.96. The van der Waals surface area contributed by atoms with Crippen LogP contribution in [0.15, 0.2) is 24.3 Å². The molecule has 1 atom stereocenters. The molecule has 1 aromatic heterocycles. The summed E-state index contributed by atoms with van der Waals surface area (Å²) >= 11 is 0. The largest absolute Gasteiger partial charge is 0.497 e. The lowest BCUT2D eigenvalue weighted by Gasteiger charge is -2.28. The van der Waals surface area contributed by atoms with Gasteiger partial charge in [0.1, 0.15) is 17.3 Å². The molecule has 2 heterocycles. The fourth-order valence-electron chi connectivity index (χ4n) is 3.96. The zero-order chi connectivity index (χ0) is 23.0.